The third kappa shape index (κ3) is 3.31. The first-order valence-electron chi connectivity index (χ1n) is 8.08. The average Bonchev–Trinajstić information content (AvgIpc) is 2.42. The fraction of sp³-hybridized carbons (Fsp3) is 0.938. The van der Waals surface area contributed by atoms with E-state index in [-0.39, 0.29) is 11.3 Å². The number of hydrogen-bond donors (Lipinski definition) is 2. The number of carbonyl (C=O) groups excluding carboxylic acids is 1. The van der Waals surface area contributed by atoms with Crippen LogP contribution < -0.4 is 11.1 Å². The summed E-state index contributed by atoms with van der Waals surface area (Å²) < 4.78 is 0. The molecule has 1 amide bonds. The van der Waals surface area contributed by atoms with Gasteiger partial charge in [0.25, 0.3) is 0 Å². The first-order valence-corrected chi connectivity index (χ1v) is 8.08. The molecule has 0 radical (unpaired) electrons. The molecule has 0 aromatic heterocycles. The lowest BCUT2D eigenvalue weighted by molar-refractivity contribution is -0.134. The van der Waals surface area contributed by atoms with Crippen molar-refractivity contribution in [1.29, 1.82) is 0 Å². The van der Waals surface area contributed by atoms with Crippen molar-refractivity contribution in [3.8, 4) is 0 Å². The first kappa shape index (κ1) is 14.8. The zero-order valence-corrected chi connectivity index (χ0v) is 12.6. The Morgan fingerprint density at radius 1 is 1.16 bits per heavy atom. The molecule has 0 aromatic rings. The van der Waals surface area contributed by atoms with Crippen molar-refractivity contribution in [2.75, 3.05) is 6.54 Å². The Hall–Kier alpha value is -0.570. The van der Waals surface area contributed by atoms with E-state index < -0.39 is 0 Å². The Labute approximate surface area is 117 Å². The first-order chi connectivity index (χ1) is 9.07. The van der Waals surface area contributed by atoms with Gasteiger partial charge in [0.1, 0.15) is 0 Å². The molecule has 3 N–H and O–H groups in total. The lowest BCUT2D eigenvalue weighted by Crippen LogP contribution is -2.52. The second-order valence-corrected chi connectivity index (χ2v) is 7.01. The summed E-state index contributed by atoms with van der Waals surface area (Å²) in [6, 6.07) is 0.379. The van der Waals surface area contributed by atoms with Gasteiger partial charge in [0.2, 0.25) is 5.91 Å². The maximum atomic E-state index is 12.7. The Bertz CT molecular complexity index is 308. The van der Waals surface area contributed by atoms with Crippen LogP contribution in [0.5, 0.6) is 0 Å². The molecule has 0 saturated heterocycles. The van der Waals surface area contributed by atoms with Gasteiger partial charge in [-0.3, -0.25) is 4.79 Å². The van der Waals surface area contributed by atoms with Crippen LogP contribution in [0.15, 0.2) is 0 Å². The van der Waals surface area contributed by atoms with Gasteiger partial charge in [0.05, 0.1) is 5.41 Å². The van der Waals surface area contributed by atoms with Gasteiger partial charge in [-0.25, -0.2) is 0 Å². The topological polar surface area (TPSA) is 55.1 Å². The van der Waals surface area contributed by atoms with Crippen molar-refractivity contribution in [3.05, 3.63) is 0 Å². The van der Waals surface area contributed by atoms with E-state index in [1.807, 2.05) is 0 Å². The average molecular weight is 266 g/mol. The van der Waals surface area contributed by atoms with Crippen LogP contribution in [0.2, 0.25) is 0 Å². The molecule has 19 heavy (non-hydrogen) atoms. The highest BCUT2D eigenvalue weighted by Gasteiger charge is 2.41. The van der Waals surface area contributed by atoms with Gasteiger partial charge in [0, 0.05) is 12.6 Å². The van der Waals surface area contributed by atoms with Gasteiger partial charge in [-0.1, -0.05) is 26.7 Å². The van der Waals surface area contributed by atoms with E-state index >= 15 is 0 Å². The maximum Gasteiger partial charge on any atom is 0.227 e. The smallest absolute Gasteiger partial charge is 0.227 e. The molecule has 2 aliphatic rings. The van der Waals surface area contributed by atoms with Gasteiger partial charge in [-0.05, 0) is 50.4 Å². The zero-order chi connectivity index (χ0) is 13.9. The number of amides is 1. The third-order valence-electron chi connectivity index (χ3n) is 5.53. The van der Waals surface area contributed by atoms with Gasteiger partial charge in [-0.2, -0.15) is 0 Å². The Morgan fingerprint density at radius 3 is 2.37 bits per heavy atom. The quantitative estimate of drug-likeness (QED) is 0.825. The van der Waals surface area contributed by atoms with Crippen LogP contribution in [-0.2, 0) is 4.79 Å². The lowest BCUT2D eigenvalue weighted by Gasteiger charge is -2.39. The van der Waals surface area contributed by atoms with Gasteiger partial charge in [0.15, 0.2) is 0 Å². The second-order valence-electron chi connectivity index (χ2n) is 7.01. The Balaban J connectivity index is 1.96. The van der Waals surface area contributed by atoms with Gasteiger partial charge in [-0.15, -0.1) is 0 Å². The van der Waals surface area contributed by atoms with Crippen molar-refractivity contribution in [3.63, 3.8) is 0 Å². The molecule has 0 aromatic carbocycles. The normalized spacial score (nSPS) is 39.8. The van der Waals surface area contributed by atoms with Crippen molar-refractivity contribution >= 4 is 5.91 Å². The zero-order valence-electron chi connectivity index (χ0n) is 12.6. The van der Waals surface area contributed by atoms with Gasteiger partial charge >= 0.3 is 0 Å². The highest BCUT2D eigenvalue weighted by atomic mass is 16.2. The molecule has 2 fully saturated rings. The number of hydrogen-bond acceptors (Lipinski definition) is 2. The molecule has 2 unspecified atom stereocenters. The number of nitrogens with one attached hydrogen (secondary N) is 1. The molecule has 0 bridgehead atoms. The molecule has 3 heteroatoms. The largest absolute Gasteiger partial charge is 0.353 e. The minimum absolute atomic E-state index is 0.237. The minimum atomic E-state index is -0.274. The van der Waals surface area contributed by atoms with E-state index in [9.17, 15) is 4.79 Å². The maximum absolute atomic E-state index is 12.7. The fourth-order valence-corrected chi connectivity index (χ4v) is 3.69. The van der Waals surface area contributed by atoms with Crippen LogP contribution in [0.4, 0.5) is 0 Å². The van der Waals surface area contributed by atoms with E-state index in [0.717, 1.165) is 38.0 Å². The highest BCUT2D eigenvalue weighted by Crippen LogP contribution is 2.38. The summed E-state index contributed by atoms with van der Waals surface area (Å²) in [5.74, 6) is 1.61. The Morgan fingerprint density at radius 2 is 1.79 bits per heavy atom. The van der Waals surface area contributed by atoms with Crippen molar-refractivity contribution in [2.24, 2.45) is 23.0 Å². The third-order valence-corrected chi connectivity index (χ3v) is 5.53. The summed E-state index contributed by atoms with van der Waals surface area (Å²) in [5.41, 5.74) is 5.69. The van der Waals surface area contributed by atoms with Crippen molar-refractivity contribution in [1.82, 2.24) is 5.32 Å². The number of carbonyl (C=O) groups is 1. The van der Waals surface area contributed by atoms with E-state index in [1.165, 1.54) is 19.3 Å². The number of rotatable bonds is 3. The van der Waals surface area contributed by atoms with E-state index in [1.54, 1.807) is 0 Å². The molecule has 0 heterocycles. The van der Waals surface area contributed by atoms with Crippen LogP contribution in [0.1, 0.15) is 65.2 Å². The Kier molecular flexibility index (Phi) is 4.88. The van der Waals surface area contributed by atoms with Crippen LogP contribution in [0.25, 0.3) is 0 Å². The van der Waals surface area contributed by atoms with Crippen molar-refractivity contribution in [2.45, 2.75) is 71.3 Å². The van der Waals surface area contributed by atoms with Crippen LogP contribution in [0.3, 0.4) is 0 Å². The molecule has 2 atom stereocenters. The summed E-state index contributed by atoms with van der Waals surface area (Å²) in [6.07, 6.45) is 9.18. The predicted octanol–water partition coefficient (Wildman–Crippen LogP) is 2.84. The molecular formula is C16H30N2O. The SMILES string of the molecule is CC1CCC(CN)(C(=O)NC2CCCCC2C)CC1. The monoisotopic (exact) mass is 266 g/mol. The highest BCUT2D eigenvalue weighted by molar-refractivity contribution is 5.83. The summed E-state index contributed by atoms with van der Waals surface area (Å²) in [7, 11) is 0. The second kappa shape index (κ2) is 6.25. The molecule has 2 rings (SSSR count). The molecule has 3 nitrogen and oxygen atoms in total. The van der Waals surface area contributed by atoms with Crippen LogP contribution >= 0.6 is 0 Å². The summed E-state index contributed by atoms with van der Waals surface area (Å²) in [6.45, 7) is 5.05. The standard InChI is InChI=1S/C16H30N2O/c1-12-7-9-16(11-17,10-8-12)15(19)18-14-6-4-3-5-13(14)2/h12-14H,3-11,17H2,1-2H3,(H,18,19). The van der Waals surface area contributed by atoms with Crippen LogP contribution in [0, 0.1) is 17.3 Å². The van der Waals surface area contributed by atoms with Crippen LogP contribution in [-0.4, -0.2) is 18.5 Å². The molecule has 0 spiro atoms. The molecule has 110 valence electrons. The van der Waals surface area contributed by atoms with E-state index in [2.05, 4.69) is 19.2 Å². The summed E-state index contributed by atoms with van der Waals surface area (Å²) in [4.78, 5) is 12.7. The molecule has 2 aliphatic carbocycles. The van der Waals surface area contributed by atoms with E-state index in [0.29, 0.717) is 18.5 Å². The summed E-state index contributed by atoms with van der Waals surface area (Å²) in [5, 5.41) is 3.33. The summed E-state index contributed by atoms with van der Waals surface area (Å²) >= 11 is 0. The number of nitrogens with two attached hydrogens (primary N) is 1. The lowest BCUT2D eigenvalue weighted by atomic mass is 9.70. The van der Waals surface area contributed by atoms with Gasteiger partial charge < -0.3 is 11.1 Å². The predicted molar refractivity (Wildman–Crippen MR) is 78.7 cm³/mol. The molecule has 0 aliphatic heterocycles. The minimum Gasteiger partial charge on any atom is -0.353 e. The van der Waals surface area contributed by atoms with E-state index in [4.69, 9.17) is 5.73 Å². The fourth-order valence-electron chi connectivity index (χ4n) is 3.69. The molecular weight excluding hydrogens is 236 g/mol. The molecule has 2 saturated carbocycles. The van der Waals surface area contributed by atoms with Crippen molar-refractivity contribution < 1.29 is 4.79 Å².